The van der Waals surface area contributed by atoms with Crippen LogP contribution in [-0.2, 0) is 5.41 Å². The second-order valence-electron chi connectivity index (χ2n) is 4.64. The maximum atomic E-state index is 13.9. The van der Waals surface area contributed by atoms with E-state index in [1.807, 2.05) is 13.0 Å². The molecule has 0 heterocycles. The molecule has 1 fully saturated rings. The van der Waals surface area contributed by atoms with Crippen molar-refractivity contribution < 1.29 is 13.9 Å². The van der Waals surface area contributed by atoms with Gasteiger partial charge in [-0.3, -0.25) is 0 Å². The maximum Gasteiger partial charge on any atom is 0.196 e. The van der Waals surface area contributed by atoms with Crippen molar-refractivity contribution in [2.24, 2.45) is 5.73 Å². The standard InChI is InChI=1S/C13H18FNO2/c1-8(15)13(4-5-13)9-6-10(14)12(17-3)11(7-9)16-2/h6-8H,4-5,15H2,1-3H3. The van der Waals surface area contributed by atoms with Gasteiger partial charge in [-0.15, -0.1) is 0 Å². The van der Waals surface area contributed by atoms with Gasteiger partial charge in [0.2, 0.25) is 0 Å². The van der Waals surface area contributed by atoms with Gasteiger partial charge >= 0.3 is 0 Å². The number of nitrogens with two attached hydrogens (primary N) is 1. The molecule has 0 aliphatic heterocycles. The molecule has 2 rings (SSSR count). The van der Waals surface area contributed by atoms with Gasteiger partial charge in [-0.2, -0.15) is 0 Å². The summed E-state index contributed by atoms with van der Waals surface area (Å²) < 4.78 is 24.0. The summed E-state index contributed by atoms with van der Waals surface area (Å²) in [6.45, 7) is 1.96. The molecule has 0 saturated heterocycles. The van der Waals surface area contributed by atoms with Gasteiger partial charge in [-0.1, -0.05) is 0 Å². The normalized spacial score (nSPS) is 18.6. The predicted molar refractivity (Wildman–Crippen MR) is 64.1 cm³/mol. The molecule has 1 unspecified atom stereocenters. The lowest BCUT2D eigenvalue weighted by Crippen LogP contribution is -2.31. The van der Waals surface area contributed by atoms with Crippen LogP contribution in [0.4, 0.5) is 4.39 Å². The number of ether oxygens (including phenoxy) is 2. The number of hydrogen-bond donors (Lipinski definition) is 1. The minimum absolute atomic E-state index is 0.0139. The van der Waals surface area contributed by atoms with E-state index in [4.69, 9.17) is 15.2 Å². The van der Waals surface area contributed by atoms with Crippen LogP contribution >= 0.6 is 0 Å². The van der Waals surface area contributed by atoms with Crippen LogP contribution in [0.3, 0.4) is 0 Å². The molecule has 0 bridgehead atoms. The van der Waals surface area contributed by atoms with Crippen molar-refractivity contribution in [1.29, 1.82) is 0 Å². The molecule has 3 nitrogen and oxygen atoms in total. The topological polar surface area (TPSA) is 44.5 Å². The third-order valence-corrected chi connectivity index (χ3v) is 3.67. The molecule has 17 heavy (non-hydrogen) atoms. The Balaban J connectivity index is 2.47. The van der Waals surface area contributed by atoms with Gasteiger partial charge in [0, 0.05) is 11.5 Å². The van der Waals surface area contributed by atoms with Crippen LogP contribution in [-0.4, -0.2) is 20.3 Å². The van der Waals surface area contributed by atoms with Gasteiger partial charge < -0.3 is 15.2 Å². The minimum Gasteiger partial charge on any atom is -0.493 e. The van der Waals surface area contributed by atoms with E-state index >= 15 is 0 Å². The molecule has 0 spiro atoms. The monoisotopic (exact) mass is 239 g/mol. The van der Waals surface area contributed by atoms with Crippen molar-refractivity contribution in [3.05, 3.63) is 23.5 Å². The molecule has 1 aromatic carbocycles. The fourth-order valence-electron chi connectivity index (χ4n) is 2.35. The average molecular weight is 239 g/mol. The van der Waals surface area contributed by atoms with Crippen LogP contribution in [0.2, 0.25) is 0 Å². The number of hydrogen-bond acceptors (Lipinski definition) is 3. The highest BCUT2D eigenvalue weighted by atomic mass is 19.1. The van der Waals surface area contributed by atoms with Crippen LogP contribution in [0.15, 0.2) is 12.1 Å². The fraction of sp³-hybridized carbons (Fsp3) is 0.538. The van der Waals surface area contributed by atoms with Crippen molar-refractivity contribution in [2.75, 3.05) is 14.2 Å². The van der Waals surface area contributed by atoms with E-state index in [1.165, 1.54) is 20.3 Å². The lowest BCUT2D eigenvalue weighted by Gasteiger charge is -2.21. The van der Waals surface area contributed by atoms with E-state index in [2.05, 4.69) is 0 Å². The molecular weight excluding hydrogens is 221 g/mol. The summed E-state index contributed by atoms with van der Waals surface area (Å²) in [5.74, 6) is 0.180. The number of rotatable bonds is 4. The van der Waals surface area contributed by atoms with Crippen molar-refractivity contribution in [3.63, 3.8) is 0 Å². The van der Waals surface area contributed by atoms with Gasteiger partial charge in [0.25, 0.3) is 0 Å². The van der Waals surface area contributed by atoms with E-state index in [-0.39, 0.29) is 17.2 Å². The zero-order valence-corrected chi connectivity index (χ0v) is 10.4. The van der Waals surface area contributed by atoms with Crippen LogP contribution in [0.5, 0.6) is 11.5 Å². The Hall–Kier alpha value is -1.29. The van der Waals surface area contributed by atoms with E-state index < -0.39 is 5.82 Å². The molecule has 0 amide bonds. The predicted octanol–water partition coefficient (Wildman–Crippen LogP) is 2.22. The first kappa shape index (κ1) is 12.2. The van der Waals surface area contributed by atoms with Crippen molar-refractivity contribution in [1.82, 2.24) is 0 Å². The highest BCUT2D eigenvalue weighted by Gasteiger charge is 2.48. The molecule has 94 valence electrons. The number of halogens is 1. The summed E-state index contributed by atoms with van der Waals surface area (Å²) >= 11 is 0. The molecule has 0 radical (unpaired) electrons. The van der Waals surface area contributed by atoms with Crippen LogP contribution < -0.4 is 15.2 Å². The quantitative estimate of drug-likeness (QED) is 0.876. The Bertz CT molecular complexity index is 428. The fourth-order valence-corrected chi connectivity index (χ4v) is 2.35. The Morgan fingerprint density at radius 1 is 1.29 bits per heavy atom. The molecule has 1 saturated carbocycles. The Morgan fingerprint density at radius 3 is 2.35 bits per heavy atom. The van der Waals surface area contributed by atoms with Gasteiger partial charge in [0.1, 0.15) is 0 Å². The number of methoxy groups -OCH3 is 2. The first-order valence-electron chi connectivity index (χ1n) is 5.72. The second-order valence-corrected chi connectivity index (χ2v) is 4.64. The van der Waals surface area contributed by atoms with Crippen LogP contribution in [0, 0.1) is 5.82 Å². The van der Waals surface area contributed by atoms with Gasteiger partial charge in [0.05, 0.1) is 14.2 Å². The third kappa shape index (κ3) is 1.86. The largest absolute Gasteiger partial charge is 0.493 e. The molecular formula is C13H18FNO2. The minimum atomic E-state index is -0.395. The zero-order valence-electron chi connectivity index (χ0n) is 10.4. The van der Waals surface area contributed by atoms with E-state index in [0.29, 0.717) is 5.75 Å². The summed E-state index contributed by atoms with van der Waals surface area (Å²) in [6, 6.07) is 3.36. The molecule has 2 N–H and O–H groups in total. The maximum absolute atomic E-state index is 13.9. The summed E-state index contributed by atoms with van der Waals surface area (Å²) in [6.07, 6.45) is 2.00. The van der Waals surface area contributed by atoms with E-state index in [9.17, 15) is 4.39 Å². The van der Waals surface area contributed by atoms with Crippen molar-refractivity contribution >= 4 is 0 Å². The van der Waals surface area contributed by atoms with E-state index in [0.717, 1.165) is 18.4 Å². The van der Waals surface area contributed by atoms with E-state index in [1.54, 1.807) is 0 Å². The smallest absolute Gasteiger partial charge is 0.196 e. The molecule has 1 atom stereocenters. The molecule has 1 aromatic rings. The van der Waals surface area contributed by atoms with Gasteiger partial charge in [-0.25, -0.2) is 4.39 Å². The van der Waals surface area contributed by atoms with Crippen LogP contribution in [0.1, 0.15) is 25.3 Å². The summed E-state index contributed by atoms with van der Waals surface area (Å²) in [7, 11) is 2.94. The van der Waals surface area contributed by atoms with Gasteiger partial charge in [-0.05, 0) is 37.5 Å². The Kier molecular flexibility index (Phi) is 3.00. The first-order chi connectivity index (χ1) is 8.05. The van der Waals surface area contributed by atoms with Crippen LogP contribution in [0.25, 0.3) is 0 Å². The second kappa shape index (κ2) is 4.18. The van der Waals surface area contributed by atoms with Crippen molar-refractivity contribution in [2.45, 2.75) is 31.2 Å². The lowest BCUT2D eigenvalue weighted by atomic mass is 9.89. The highest BCUT2D eigenvalue weighted by Crippen LogP contribution is 2.52. The Morgan fingerprint density at radius 2 is 1.94 bits per heavy atom. The first-order valence-corrected chi connectivity index (χ1v) is 5.72. The molecule has 0 aromatic heterocycles. The number of benzene rings is 1. The Labute approximate surface area is 101 Å². The molecule has 1 aliphatic carbocycles. The molecule has 1 aliphatic rings. The van der Waals surface area contributed by atoms with Crippen molar-refractivity contribution in [3.8, 4) is 11.5 Å². The SMILES string of the molecule is COc1cc(C2(C(C)N)CC2)cc(F)c1OC. The highest BCUT2D eigenvalue weighted by molar-refractivity contribution is 5.48. The zero-order chi connectivity index (χ0) is 12.6. The third-order valence-electron chi connectivity index (χ3n) is 3.67. The lowest BCUT2D eigenvalue weighted by molar-refractivity contribution is 0.336. The average Bonchev–Trinajstić information content (AvgIpc) is 3.08. The summed E-state index contributed by atoms with van der Waals surface area (Å²) in [5, 5.41) is 0. The summed E-state index contributed by atoms with van der Waals surface area (Å²) in [4.78, 5) is 0. The summed E-state index contributed by atoms with van der Waals surface area (Å²) in [5.41, 5.74) is 6.80. The molecule has 4 heteroatoms. The van der Waals surface area contributed by atoms with Gasteiger partial charge in [0.15, 0.2) is 17.3 Å².